The maximum absolute atomic E-state index is 13.9. The Kier molecular flexibility index (Phi) is 7.67. The van der Waals surface area contributed by atoms with Crippen molar-refractivity contribution in [2.45, 2.75) is 38.3 Å². The third kappa shape index (κ3) is 5.11. The SMILES string of the molecule is CC[C@H]1CN(c2nc(N)c(C(N)=O)nc2Cl)CCN1C1CCN(C(=O)c2cc(F)c(Cl)nc2N)CC1. The van der Waals surface area contributed by atoms with E-state index in [9.17, 15) is 14.0 Å². The van der Waals surface area contributed by atoms with Gasteiger partial charge in [-0.1, -0.05) is 30.1 Å². The van der Waals surface area contributed by atoms with E-state index in [2.05, 4.69) is 26.8 Å². The minimum Gasteiger partial charge on any atom is -0.383 e. The highest BCUT2D eigenvalue weighted by atomic mass is 35.5. The number of carbonyl (C=O) groups is 2. The van der Waals surface area contributed by atoms with Gasteiger partial charge in [-0.15, -0.1) is 0 Å². The number of pyridine rings is 1. The average molecular weight is 540 g/mol. The molecule has 0 bridgehead atoms. The molecule has 2 aromatic heterocycles. The molecule has 4 rings (SSSR count). The van der Waals surface area contributed by atoms with Gasteiger partial charge in [-0.25, -0.2) is 19.3 Å². The molecule has 4 heterocycles. The molecule has 0 spiro atoms. The Morgan fingerprint density at radius 3 is 2.39 bits per heavy atom. The second-order valence-corrected chi connectivity index (χ2v) is 9.62. The summed E-state index contributed by atoms with van der Waals surface area (Å²) in [5.41, 5.74) is 16.8. The van der Waals surface area contributed by atoms with Crippen molar-refractivity contribution >= 4 is 52.5 Å². The van der Waals surface area contributed by atoms with E-state index in [1.54, 1.807) is 4.90 Å². The third-order valence-corrected chi connectivity index (χ3v) is 7.33. The Morgan fingerprint density at radius 2 is 1.75 bits per heavy atom. The normalized spacial score (nSPS) is 19.5. The van der Waals surface area contributed by atoms with E-state index in [4.69, 9.17) is 40.4 Å². The topological polar surface area (TPSA) is 161 Å². The number of nitrogens with two attached hydrogens (primary N) is 3. The van der Waals surface area contributed by atoms with Gasteiger partial charge in [0.25, 0.3) is 11.8 Å². The lowest BCUT2D eigenvalue weighted by Crippen LogP contribution is -2.58. The lowest BCUT2D eigenvalue weighted by atomic mass is 9.97. The first-order chi connectivity index (χ1) is 17.1. The molecule has 0 aliphatic carbocycles. The van der Waals surface area contributed by atoms with E-state index >= 15 is 0 Å². The zero-order chi connectivity index (χ0) is 26.1. The highest BCUT2D eigenvalue weighted by Crippen LogP contribution is 2.30. The van der Waals surface area contributed by atoms with Gasteiger partial charge in [0.2, 0.25) is 0 Å². The lowest BCUT2D eigenvalue weighted by molar-refractivity contribution is 0.0491. The third-order valence-electron chi connectivity index (χ3n) is 6.81. The summed E-state index contributed by atoms with van der Waals surface area (Å²) in [5.74, 6) is -1.61. The number of anilines is 3. The summed E-state index contributed by atoms with van der Waals surface area (Å²) in [6.07, 6.45) is 2.43. The standard InChI is InChI=1S/C22H28Cl2FN9O2/c1-2-11-10-33(21-17(24)29-15(20(28)35)19(27)31-21)7-8-34(11)12-3-5-32(6-4-12)22(36)13-9-14(25)16(23)30-18(13)26/h9,11-12H,2-8,10H2,1H3,(H2,26,30)(H2,27,31)(H2,28,35)/t11-/m0/s1. The number of carbonyl (C=O) groups excluding carboxylic acids is 2. The first-order valence-corrected chi connectivity index (χ1v) is 12.4. The smallest absolute Gasteiger partial charge is 0.271 e. The monoisotopic (exact) mass is 539 g/mol. The second-order valence-electron chi connectivity index (χ2n) is 8.90. The van der Waals surface area contributed by atoms with Crippen LogP contribution in [0.4, 0.5) is 21.8 Å². The summed E-state index contributed by atoms with van der Waals surface area (Å²) in [7, 11) is 0. The number of aromatic nitrogens is 3. The van der Waals surface area contributed by atoms with Crippen molar-refractivity contribution in [3.8, 4) is 0 Å². The molecule has 1 atom stereocenters. The molecule has 2 amide bonds. The number of piperidine rings is 1. The molecule has 2 aromatic rings. The zero-order valence-corrected chi connectivity index (χ0v) is 21.3. The van der Waals surface area contributed by atoms with Gasteiger partial charge in [0.05, 0.1) is 5.56 Å². The van der Waals surface area contributed by atoms with Crippen molar-refractivity contribution in [2.24, 2.45) is 5.73 Å². The van der Waals surface area contributed by atoms with Gasteiger partial charge in [0.1, 0.15) is 5.82 Å². The number of amides is 2. The maximum atomic E-state index is 13.9. The largest absolute Gasteiger partial charge is 0.383 e. The average Bonchev–Trinajstić information content (AvgIpc) is 2.86. The van der Waals surface area contributed by atoms with Crippen LogP contribution in [0.15, 0.2) is 6.07 Å². The Balaban J connectivity index is 1.40. The van der Waals surface area contributed by atoms with Gasteiger partial charge in [-0.2, -0.15) is 0 Å². The van der Waals surface area contributed by atoms with Crippen LogP contribution in [0.2, 0.25) is 10.3 Å². The predicted molar refractivity (Wildman–Crippen MR) is 136 cm³/mol. The van der Waals surface area contributed by atoms with Crippen molar-refractivity contribution in [1.29, 1.82) is 0 Å². The predicted octanol–water partition coefficient (Wildman–Crippen LogP) is 1.79. The Bertz CT molecular complexity index is 1180. The van der Waals surface area contributed by atoms with Crippen molar-refractivity contribution in [3.63, 3.8) is 0 Å². The second kappa shape index (κ2) is 10.6. The fourth-order valence-electron chi connectivity index (χ4n) is 4.93. The minimum atomic E-state index is -0.783. The molecule has 194 valence electrons. The van der Waals surface area contributed by atoms with Crippen LogP contribution < -0.4 is 22.1 Å². The first-order valence-electron chi connectivity index (χ1n) is 11.6. The molecule has 11 nitrogen and oxygen atoms in total. The van der Waals surface area contributed by atoms with Crippen LogP contribution in [0.5, 0.6) is 0 Å². The molecule has 0 unspecified atom stereocenters. The number of primary amides is 1. The van der Waals surface area contributed by atoms with Crippen LogP contribution in [-0.2, 0) is 0 Å². The molecule has 2 aliphatic rings. The summed E-state index contributed by atoms with van der Waals surface area (Å²) >= 11 is 12.0. The molecule has 14 heteroatoms. The summed E-state index contributed by atoms with van der Waals surface area (Å²) in [6, 6.07) is 1.54. The van der Waals surface area contributed by atoms with Crippen LogP contribution in [0.25, 0.3) is 0 Å². The number of hydrogen-bond acceptors (Lipinski definition) is 9. The molecule has 2 saturated heterocycles. The minimum absolute atomic E-state index is 0.0232. The van der Waals surface area contributed by atoms with Gasteiger partial charge < -0.3 is 27.0 Å². The summed E-state index contributed by atoms with van der Waals surface area (Å²) in [6.45, 7) is 5.21. The van der Waals surface area contributed by atoms with E-state index in [0.717, 1.165) is 31.9 Å². The molecule has 6 N–H and O–H groups in total. The molecule has 0 aromatic carbocycles. The fraction of sp³-hybridized carbons (Fsp3) is 0.500. The number of rotatable bonds is 5. The Morgan fingerprint density at radius 1 is 1.06 bits per heavy atom. The van der Waals surface area contributed by atoms with Gasteiger partial charge in [-0.3, -0.25) is 14.5 Å². The van der Waals surface area contributed by atoms with Gasteiger partial charge in [-0.05, 0) is 25.3 Å². The number of piperazine rings is 1. The zero-order valence-electron chi connectivity index (χ0n) is 19.8. The van der Waals surface area contributed by atoms with E-state index in [-0.39, 0.29) is 51.2 Å². The Labute approximate surface area is 217 Å². The Hall–Kier alpha value is -2.96. The molecule has 0 saturated carbocycles. The molecule has 36 heavy (non-hydrogen) atoms. The summed E-state index contributed by atoms with van der Waals surface area (Å²) < 4.78 is 13.9. The molecule has 2 aliphatic heterocycles. The summed E-state index contributed by atoms with van der Waals surface area (Å²) in [5, 5.41) is -0.271. The number of nitrogens with zero attached hydrogens (tertiary/aromatic N) is 6. The van der Waals surface area contributed by atoms with Crippen LogP contribution in [0.3, 0.4) is 0 Å². The van der Waals surface area contributed by atoms with Crippen LogP contribution in [0.1, 0.15) is 47.0 Å². The lowest BCUT2D eigenvalue weighted by Gasteiger charge is -2.47. The van der Waals surface area contributed by atoms with Crippen molar-refractivity contribution in [1.82, 2.24) is 24.8 Å². The molecule has 0 radical (unpaired) electrons. The number of likely N-dealkylation sites (tertiary alicyclic amines) is 1. The van der Waals surface area contributed by atoms with E-state index in [0.29, 0.717) is 32.0 Å². The van der Waals surface area contributed by atoms with Crippen molar-refractivity contribution in [3.05, 3.63) is 33.4 Å². The van der Waals surface area contributed by atoms with Gasteiger partial charge >= 0.3 is 0 Å². The quantitative estimate of drug-likeness (QED) is 0.480. The molecule has 2 fully saturated rings. The van der Waals surface area contributed by atoms with Crippen LogP contribution in [0, 0.1) is 5.82 Å². The molecular weight excluding hydrogens is 512 g/mol. The van der Waals surface area contributed by atoms with Crippen LogP contribution >= 0.6 is 23.2 Å². The number of nitrogen functional groups attached to an aromatic ring is 2. The van der Waals surface area contributed by atoms with E-state index < -0.39 is 11.7 Å². The van der Waals surface area contributed by atoms with Crippen molar-refractivity contribution in [2.75, 3.05) is 49.1 Å². The van der Waals surface area contributed by atoms with Gasteiger partial charge in [0, 0.05) is 44.8 Å². The number of hydrogen-bond donors (Lipinski definition) is 3. The maximum Gasteiger partial charge on any atom is 0.271 e. The van der Waals surface area contributed by atoms with Crippen molar-refractivity contribution < 1.29 is 14.0 Å². The highest BCUT2D eigenvalue weighted by Gasteiger charge is 2.35. The summed E-state index contributed by atoms with van der Waals surface area (Å²) in [4.78, 5) is 42.6. The van der Waals surface area contributed by atoms with E-state index in [1.807, 2.05) is 4.90 Å². The highest BCUT2D eigenvalue weighted by molar-refractivity contribution is 6.32. The molecular formula is C22H28Cl2FN9O2. The van der Waals surface area contributed by atoms with Gasteiger partial charge in [0.15, 0.2) is 33.5 Å². The first kappa shape index (κ1) is 26.1. The van der Waals surface area contributed by atoms with E-state index in [1.165, 1.54) is 0 Å². The fourth-order valence-corrected chi connectivity index (χ4v) is 5.32. The van der Waals surface area contributed by atoms with Crippen LogP contribution in [-0.4, -0.2) is 81.4 Å². The number of halogens is 3.